The quantitative estimate of drug-likeness (QED) is 0.148. The molecule has 0 bridgehead atoms. The number of hydrogen-bond acceptors (Lipinski definition) is 8. The Labute approximate surface area is 232 Å². The van der Waals surface area contributed by atoms with Crippen molar-refractivity contribution < 1.29 is 52.0 Å². The number of urea groups is 1. The highest BCUT2D eigenvalue weighted by Crippen LogP contribution is 2.21. The zero-order valence-corrected chi connectivity index (χ0v) is 22.9. The van der Waals surface area contributed by atoms with Gasteiger partial charge >= 0.3 is 24.1 Å². The molecule has 1 aliphatic heterocycles. The number of rotatable bonds is 14. The maximum absolute atomic E-state index is 12.3. The topological polar surface area (TPSA) is 147 Å². The van der Waals surface area contributed by atoms with Crippen molar-refractivity contribution in [2.75, 3.05) is 52.5 Å². The molecule has 2 amide bonds. The van der Waals surface area contributed by atoms with Gasteiger partial charge in [0.2, 0.25) is 0 Å². The summed E-state index contributed by atoms with van der Waals surface area (Å²) in [6.45, 7) is 7.99. The summed E-state index contributed by atoms with van der Waals surface area (Å²) in [4.78, 5) is 34.9. The second kappa shape index (κ2) is 19.1. The number of aliphatic hydroxyl groups is 1. The lowest BCUT2D eigenvalue weighted by molar-refractivity contribution is -0.192. The van der Waals surface area contributed by atoms with Crippen molar-refractivity contribution in [1.82, 2.24) is 15.5 Å². The average Bonchev–Trinajstić information content (AvgIpc) is 2.92. The van der Waals surface area contributed by atoms with Gasteiger partial charge in [0.1, 0.15) is 24.2 Å². The van der Waals surface area contributed by atoms with Gasteiger partial charge in [-0.1, -0.05) is 26.7 Å². The van der Waals surface area contributed by atoms with Crippen LogP contribution in [-0.4, -0.2) is 97.9 Å². The van der Waals surface area contributed by atoms with Crippen LogP contribution in [-0.2, 0) is 14.3 Å². The largest absolute Gasteiger partial charge is 0.491 e. The van der Waals surface area contributed by atoms with E-state index in [2.05, 4.69) is 24.5 Å². The summed E-state index contributed by atoms with van der Waals surface area (Å²) in [5.74, 6) is -1.93. The van der Waals surface area contributed by atoms with Gasteiger partial charge in [0.05, 0.1) is 19.1 Å². The van der Waals surface area contributed by atoms with E-state index in [1.807, 2.05) is 0 Å². The molecule has 0 aromatic heterocycles. The number of amides is 2. The molecule has 0 spiro atoms. The summed E-state index contributed by atoms with van der Waals surface area (Å²) in [5.41, 5.74) is 0. The molecule has 0 aliphatic carbocycles. The third-order valence-electron chi connectivity index (χ3n) is 5.59. The molecule has 40 heavy (non-hydrogen) atoms. The monoisotopic (exact) mass is 579 g/mol. The van der Waals surface area contributed by atoms with Crippen LogP contribution in [0.5, 0.6) is 11.5 Å². The first-order chi connectivity index (χ1) is 19.0. The lowest BCUT2D eigenvalue weighted by Gasteiger charge is -2.27. The highest BCUT2D eigenvalue weighted by atomic mass is 19.4. The van der Waals surface area contributed by atoms with Crippen LogP contribution in [0.1, 0.15) is 39.5 Å². The molecule has 4 N–H and O–H groups in total. The number of carboxylic acids is 1. The lowest BCUT2D eigenvalue weighted by Crippen LogP contribution is -2.47. The van der Waals surface area contributed by atoms with Crippen molar-refractivity contribution in [3.8, 4) is 11.5 Å². The van der Waals surface area contributed by atoms with Gasteiger partial charge in [0.25, 0.3) is 0 Å². The van der Waals surface area contributed by atoms with Gasteiger partial charge in [-0.3, -0.25) is 4.79 Å². The number of nitrogens with one attached hydrogen (secondary N) is 2. The molecule has 1 aliphatic rings. The lowest BCUT2D eigenvalue weighted by atomic mass is 9.99. The first-order valence-corrected chi connectivity index (χ1v) is 13.2. The predicted molar refractivity (Wildman–Crippen MR) is 139 cm³/mol. The van der Waals surface area contributed by atoms with Crippen molar-refractivity contribution in [3.63, 3.8) is 0 Å². The summed E-state index contributed by atoms with van der Waals surface area (Å²) < 4.78 is 48.1. The minimum atomic E-state index is -5.08. The van der Waals surface area contributed by atoms with E-state index in [0.29, 0.717) is 57.4 Å². The Hall–Kier alpha value is -3.10. The molecular weight excluding hydrogens is 539 g/mol. The summed E-state index contributed by atoms with van der Waals surface area (Å²) in [6, 6.07) is 6.75. The van der Waals surface area contributed by atoms with Gasteiger partial charge in [-0.2, -0.15) is 13.2 Å². The molecule has 14 heteroatoms. The van der Waals surface area contributed by atoms with E-state index in [4.69, 9.17) is 24.1 Å². The normalized spacial score (nSPS) is 14.1. The zero-order valence-electron chi connectivity index (χ0n) is 22.9. The minimum absolute atomic E-state index is 0.0636. The van der Waals surface area contributed by atoms with Crippen LogP contribution in [0.2, 0.25) is 0 Å². The predicted octanol–water partition coefficient (Wildman–Crippen LogP) is 2.81. The number of aliphatic carboxylic acids is 1. The highest BCUT2D eigenvalue weighted by molar-refractivity contribution is 5.75. The standard InChI is InChI=1S/C24H39N3O6.C2HF3O2/c1-3-5-19(6-4-2)23(29)33-22-9-7-21(8-10-22)32-18-20(28)17-25-11-12-26-24(30)27-13-15-31-16-14-27;3-2(4,5)1(6)7/h7-10,19-20,25,28H,3-6,11-18H2,1-2H3,(H,26,30);(H,6,7)/t20-;/m0./s1. The molecule has 0 unspecified atom stereocenters. The molecular formula is C26H40F3N3O8. The Bertz CT molecular complexity index is 875. The molecule has 1 aromatic carbocycles. The number of alkyl halides is 3. The number of carbonyl (C=O) groups is 3. The molecule has 228 valence electrons. The fraction of sp³-hybridized carbons (Fsp3) is 0.654. The van der Waals surface area contributed by atoms with Crippen LogP contribution in [0, 0.1) is 5.92 Å². The first kappa shape index (κ1) is 34.9. The second-order valence-corrected chi connectivity index (χ2v) is 8.97. The fourth-order valence-corrected chi connectivity index (χ4v) is 3.54. The molecule has 1 atom stereocenters. The fourth-order valence-electron chi connectivity index (χ4n) is 3.54. The van der Waals surface area contributed by atoms with Crippen molar-refractivity contribution in [3.05, 3.63) is 24.3 Å². The molecule has 1 heterocycles. The SMILES string of the molecule is CCCC(CCC)C(=O)Oc1ccc(OC[C@@H](O)CNCCNC(=O)N2CCOCC2)cc1.O=C(O)C(F)(F)F. The molecule has 1 saturated heterocycles. The number of carbonyl (C=O) groups excluding carboxylic acids is 2. The average molecular weight is 580 g/mol. The Morgan fingerprint density at radius 1 is 1.02 bits per heavy atom. The number of ether oxygens (including phenoxy) is 3. The van der Waals surface area contributed by atoms with Crippen molar-refractivity contribution in [1.29, 1.82) is 0 Å². The minimum Gasteiger partial charge on any atom is -0.491 e. The molecule has 1 fully saturated rings. The second-order valence-electron chi connectivity index (χ2n) is 8.97. The van der Waals surface area contributed by atoms with Crippen molar-refractivity contribution in [2.24, 2.45) is 5.92 Å². The van der Waals surface area contributed by atoms with E-state index in [0.717, 1.165) is 25.7 Å². The van der Waals surface area contributed by atoms with E-state index < -0.39 is 18.2 Å². The number of aliphatic hydroxyl groups excluding tert-OH is 1. The summed E-state index contributed by atoms with van der Waals surface area (Å²) >= 11 is 0. The van der Waals surface area contributed by atoms with E-state index >= 15 is 0 Å². The summed E-state index contributed by atoms with van der Waals surface area (Å²) in [6.07, 6.45) is -2.21. The molecule has 11 nitrogen and oxygen atoms in total. The van der Waals surface area contributed by atoms with Crippen LogP contribution < -0.4 is 20.1 Å². The Kier molecular flexibility index (Phi) is 16.6. The van der Waals surface area contributed by atoms with Crippen LogP contribution in [0.3, 0.4) is 0 Å². The summed E-state index contributed by atoms with van der Waals surface area (Å²) in [7, 11) is 0. The van der Waals surface area contributed by atoms with E-state index in [1.54, 1.807) is 29.2 Å². The number of halogens is 3. The molecule has 2 rings (SSSR count). The smallest absolute Gasteiger partial charge is 0.490 e. The van der Waals surface area contributed by atoms with Gasteiger partial charge in [-0.05, 0) is 37.1 Å². The van der Waals surface area contributed by atoms with Gasteiger partial charge in [-0.25, -0.2) is 9.59 Å². The van der Waals surface area contributed by atoms with Crippen LogP contribution in [0.25, 0.3) is 0 Å². The van der Waals surface area contributed by atoms with Crippen molar-refractivity contribution >= 4 is 18.0 Å². The number of carboxylic acid groups (broad SMARTS) is 1. The Morgan fingerprint density at radius 3 is 2.10 bits per heavy atom. The third kappa shape index (κ3) is 14.9. The highest BCUT2D eigenvalue weighted by Gasteiger charge is 2.38. The first-order valence-electron chi connectivity index (χ1n) is 13.2. The van der Waals surface area contributed by atoms with Crippen LogP contribution in [0.4, 0.5) is 18.0 Å². The maximum Gasteiger partial charge on any atom is 0.490 e. The third-order valence-corrected chi connectivity index (χ3v) is 5.59. The van der Waals surface area contributed by atoms with E-state index in [9.17, 15) is 27.9 Å². The number of morpholine rings is 1. The number of nitrogens with zero attached hydrogens (tertiary/aromatic N) is 1. The molecule has 1 aromatic rings. The van der Waals surface area contributed by atoms with Gasteiger partial charge in [0, 0.05) is 32.7 Å². The Balaban J connectivity index is 0.00000101. The van der Waals surface area contributed by atoms with E-state index in [1.165, 1.54) is 0 Å². The number of esters is 1. The molecule has 0 radical (unpaired) electrons. The van der Waals surface area contributed by atoms with Gasteiger partial charge < -0.3 is 40.0 Å². The van der Waals surface area contributed by atoms with E-state index in [-0.39, 0.29) is 24.5 Å². The zero-order chi connectivity index (χ0) is 30.0. The molecule has 0 saturated carbocycles. The van der Waals surface area contributed by atoms with Crippen LogP contribution in [0.15, 0.2) is 24.3 Å². The number of benzene rings is 1. The maximum atomic E-state index is 12.3. The van der Waals surface area contributed by atoms with Gasteiger partial charge in [0.15, 0.2) is 0 Å². The Morgan fingerprint density at radius 2 is 1.57 bits per heavy atom. The summed E-state index contributed by atoms with van der Waals surface area (Å²) in [5, 5.41) is 23.2. The van der Waals surface area contributed by atoms with Crippen LogP contribution >= 0.6 is 0 Å². The number of hydrogen-bond donors (Lipinski definition) is 4. The van der Waals surface area contributed by atoms with Gasteiger partial charge in [-0.15, -0.1) is 0 Å². The van der Waals surface area contributed by atoms with Crippen molar-refractivity contribution in [2.45, 2.75) is 51.8 Å².